The SMILES string of the molecule is CCOC(=O)[C@](C)(CC(C)C)N(COC)C(=O)OC(C)(C)C. The molecule has 0 rings (SSSR count). The Balaban J connectivity index is 5.56. The maximum Gasteiger partial charge on any atom is 0.413 e. The molecule has 0 aliphatic rings. The molecular weight excluding hydrogens is 286 g/mol. The van der Waals surface area contributed by atoms with Crippen molar-refractivity contribution < 1.29 is 23.8 Å². The summed E-state index contributed by atoms with van der Waals surface area (Å²) in [4.78, 5) is 26.3. The Morgan fingerprint density at radius 2 is 1.68 bits per heavy atom. The van der Waals surface area contributed by atoms with E-state index in [4.69, 9.17) is 14.2 Å². The highest BCUT2D eigenvalue weighted by Gasteiger charge is 2.45. The first-order valence-electron chi connectivity index (χ1n) is 7.64. The molecule has 22 heavy (non-hydrogen) atoms. The molecule has 0 radical (unpaired) electrons. The summed E-state index contributed by atoms with van der Waals surface area (Å²) >= 11 is 0. The fraction of sp³-hybridized carbons (Fsp3) is 0.875. The van der Waals surface area contributed by atoms with Crippen LogP contribution < -0.4 is 0 Å². The highest BCUT2D eigenvalue weighted by molar-refractivity contribution is 5.85. The minimum absolute atomic E-state index is 0.0447. The summed E-state index contributed by atoms with van der Waals surface area (Å²) in [6.07, 6.45) is -0.139. The van der Waals surface area contributed by atoms with Crippen molar-refractivity contribution in [1.29, 1.82) is 0 Å². The van der Waals surface area contributed by atoms with Crippen LogP contribution in [0.1, 0.15) is 54.9 Å². The third kappa shape index (κ3) is 6.22. The molecule has 0 unspecified atom stereocenters. The Morgan fingerprint density at radius 1 is 1.14 bits per heavy atom. The van der Waals surface area contributed by atoms with Gasteiger partial charge in [-0.2, -0.15) is 0 Å². The van der Waals surface area contributed by atoms with Crippen molar-refractivity contribution in [2.45, 2.75) is 66.0 Å². The molecule has 6 nitrogen and oxygen atoms in total. The Kier molecular flexibility index (Phi) is 7.87. The molecule has 0 aliphatic carbocycles. The van der Waals surface area contributed by atoms with Crippen molar-refractivity contribution >= 4 is 12.1 Å². The van der Waals surface area contributed by atoms with E-state index in [1.54, 1.807) is 34.6 Å². The number of methoxy groups -OCH3 is 1. The predicted molar refractivity (Wildman–Crippen MR) is 84.4 cm³/mol. The van der Waals surface area contributed by atoms with Gasteiger partial charge < -0.3 is 14.2 Å². The Hall–Kier alpha value is -1.30. The summed E-state index contributed by atoms with van der Waals surface area (Å²) in [5.74, 6) is -0.261. The molecule has 0 aliphatic heterocycles. The normalized spacial score (nSPS) is 14.4. The number of carbonyl (C=O) groups is 2. The van der Waals surface area contributed by atoms with Gasteiger partial charge in [0.1, 0.15) is 17.9 Å². The van der Waals surface area contributed by atoms with Crippen molar-refractivity contribution in [3.8, 4) is 0 Å². The Morgan fingerprint density at radius 3 is 2.05 bits per heavy atom. The number of ether oxygens (including phenoxy) is 3. The van der Waals surface area contributed by atoms with Crippen LogP contribution in [0, 0.1) is 5.92 Å². The molecular formula is C16H31NO5. The summed E-state index contributed by atoms with van der Waals surface area (Å²) in [5.41, 5.74) is -1.79. The lowest BCUT2D eigenvalue weighted by Crippen LogP contribution is -2.58. The number of hydrogen-bond donors (Lipinski definition) is 0. The third-order valence-electron chi connectivity index (χ3n) is 2.99. The standard InChI is InChI=1S/C16H31NO5/c1-9-21-13(18)16(7,10-12(2)3)17(11-20-8)14(19)22-15(4,5)6/h12H,9-11H2,1-8H3/t16-/m0/s1. The molecule has 0 saturated carbocycles. The summed E-state index contributed by atoms with van der Waals surface area (Å²) < 4.78 is 15.7. The lowest BCUT2D eigenvalue weighted by Gasteiger charge is -2.40. The topological polar surface area (TPSA) is 65.1 Å². The first-order valence-corrected chi connectivity index (χ1v) is 7.64. The minimum atomic E-state index is -1.14. The van der Waals surface area contributed by atoms with Gasteiger partial charge in [0.25, 0.3) is 0 Å². The zero-order chi connectivity index (χ0) is 17.6. The lowest BCUT2D eigenvalue weighted by atomic mass is 9.89. The van der Waals surface area contributed by atoms with Crippen LogP contribution in [-0.4, -0.2) is 48.5 Å². The van der Waals surface area contributed by atoms with Gasteiger partial charge in [0.05, 0.1) is 6.61 Å². The fourth-order valence-corrected chi connectivity index (χ4v) is 2.23. The molecule has 0 heterocycles. The fourth-order valence-electron chi connectivity index (χ4n) is 2.23. The van der Waals surface area contributed by atoms with Crippen LogP contribution in [0.3, 0.4) is 0 Å². The van der Waals surface area contributed by atoms with Gasteiger partial charge in [-0.05, 0) is 47.0 Å². The average Bonchev–Trinajstić information content (AvgIpc) is 2.32. The monoisotopic (exact) mass is 317 g/mol. The summed E-state index contributed by atoms with van der Waals surface area (Å²) in [5, 5.41) is 0. The van der Waals surface area contributed by atoms with Crippen molar-refractivity contribution in [3.63, 3.8) is 0 Å². The molecule has 6 heteroatoms. The average molecular weight is 317 g/mol. The predicted octanol–water partition coefficient (Wildman–Crippen LogP) is 3.20. The highest BCUT2D eigenvalue weighted by Crippen LogP contribution is 2.28. The van der Waals surface area contributed by atoms with Gasteiger partial charge in [0.2, 0.25) is 0 Å². The van der Waals surface area contributed by atoms with E-state index in [0.29, 0.717) is 6.42 Å². The molecule has 0 fully saturated rings. The van der Waals surface area contributed by atoms with Crippen LogP contribution in [0.15, 0.2) is 0 Å². The number of nitrogens with zero attached hydrogens (tertiary/aromatic N) is 1. The van der Waals surface area contributed by atoms with E-state index in [0.717, 1.165) is 0 Å². The van der Waals surface area contributed by atoms with Crippen LogP contribution in [-0.2, 0) is 19.0 Å². The largest absolute Gasteiger partial charge is 0.464 e. The van der Waals surface area contributed by atoms with Crippen LogP contribution in [0.4, 0.5) is 4.79 Å². The third-order valence-corrected chi connectivity index (χ3v) is 2.99. The van der Waals surface area contributed by atoms with E-state index in [1.165, 1.54) is 12.0 Å². The zero-order valence-electron chi connectivity index (χ0n) is 15.2. The quantitative estimate of drug-likeness (QED) is 0.533. The second-order valence-electron chi connectivity index (χ2n) is 6.92. The van der Waals surface area contributed by atoms with E-state index in [2.05, 4.69) is 0 Å². The molecule has 0 N–H and O–H groups in total. The van der Waals surface area contributed by atoms with Crippen molar-refractivity contribution in [2.24, 2.45) is 5.92 Å². The van der Waals surface area contributed by atoms with Gasteiger partial charge in [0.15, 0.2) is 0 Å². The Labute approximate surface area is 134 Å². The molecule has 1 amide bonds. The van der Waals surface area contributed by atoms with Gasteiger partial charge >= 0.3 is 12.1 Å². The van der Waals surface area contributed by atoms with Crippen LogP contribution in [0.2, 0.25) is 0 Å². The second kappa shape index (κ2) is 8.36. The first-order chi connectivity index (χ1) is 9.97. The van der Waals surface area contributed by atoms with Gasteiger partial charge in [-0.25, -0.2) is 9.59 Å². The van der Waals surface area contributed by atoms with Gasteiger partial charge in [-0.15, -0.1) is 0 Å². The number of rotatable bonds is 7. The summed E-state index contributed by atoms with van der Waals surface area (Å²) in [6, 6.07) is 0. The molecule has 0 aromatic heterocycles. The van der Waals surface area contributed by atoms with Gasteiger partial charge in [0, 0.05) is 7.11 Å². The van der Waals surface area contributed by atoms with Crippen molar-refractivity contribution in [2.75, 3.05) is 20.4 Å². The molecule has 1 atom stereocenters. The number of hydrogen-bond acceptors (Lipinski definition) is 5. The van der Waals surface area contributed by atoms with Crippen LogP contribution in [0.25, 0.3) is 0 Å². The second-order valence-corrected chi connectivity index (χ2v) is 6.92. The lowest BCUT2D eigenvalue weighted by molar-refractivity contribution is -0.161. The summed E-state index contributed by atoms with van der Waals surface area (Å²) in [7, 11) is 1.47. The van der Waals surface area contributed by atoms with Gasteiger partial charge in [-0.3, -0.25) is 4.90 Å². The minimum Gasteiger partial charge on any atom is -0.464 e. The van der Waals surface area contributed by atoms with Crippen molar-refractivity contribution in [3.05, 3.63) is 0 Å². The smallest absolute Gasteiger partial charge is 0.413 e. The van der Waals surface area contributed by atoms with E-state index >= 15 is 0 Å². The maximum atomic E-state index is 12.5. The number of amides is 1. The first kappa shape index (κ1) is 20.7. The van der Waals surface area contributed by atoms with Crippen LogP contribution >= 0.6 is 0 Å². The number of esters is 1. The highest BCUT2D eigenvalue weighted by atomic mass is 16.6. The summed E-state index contributed by atoms with van der Waals surface area (Å²) in [6.45, 7) is 12.9. The molecule has 0 aromatic carbocycles. The van der Waals surface area contributed by atoms with E-state index in [9.17, 15) is 9.59 Å². The van der Waals surface area contributed by atoms with E-state index < -0.39 is 23.2 Å². The molecule has 0 spiro atoms. The number of carbonyl (C=O) groups excluding carboxylic acids is 2. The van der Waals surface area contributed by atoms with Crippen LogP contribution in [0.5, 0.6) is 0 Å². The van der Waals surface area contributed by atoms with E-state index in [1.807, 2.05) is 13.8 Å². The molecule has 0 saturated heterocycles. The van der Waals surface area contributed by atoms with Gasteiger partial charge in [-0.1, -0.05) is 13.8 Å². The molecule has 0 aromatic rings. The Bertz CT molecular complexity index is 375. The van der Waals surface area contributed by atoms with Crippen molar-refractivity contribution in [1.82, 2.24) is 4.90 Å². The molecule has 0 bridgehead atoms. The zero-order valence-corrected chi connectivity index (χ0v) is 15.2. The molecule has 130 valence electrons. The van der Waals surface area contributed by atoms with E-state index in [-0.39, 0.29) is 19.3 Å². The maximum absolute atomic E-state index is 12.5.